The molecule has 0 bridgehead atoms. The molecule has 0 aromatic rings. The van der Waals surface area contributed by atoms with E-state index >= 15 is 0 Å². The third-order valence-electron chi connectivity index (χ3n) is 3.95. The van der Waals surface area contributed by atoms with Crippen LogP contribution in [-0.4, -0.2) is 37.4 Å². The van der Waals surface area contributed by atoms with Gasteiger partial charge in [0, 0.05) is 24.8 Å². The molecule has 19 heavy (non-hydrogen) atoms. The number of rotatable bonds is 7. The van der Waals surface area contributed by atoms with Crippen LogP contribution in [0.2, 0.25) is 0 Å². The van der Waals surface area contributed by atoms with E-state index in [4.69, 9.17) is 9.47 Å². The fraction of sp³-hybridized carbons (Fsp3) is 0.800. The Bertz CT molecular complexity index is 311. The third-order valence-corrected chi connectivity index (χ3v) is 3.95. The van der Waals surface area contributed by atoms with Crippen LogP contribution in [0.3, 0.4) is 0 Å². The fourth-order valence-corrected chi connectivity index (χ4v) is 2.52. The smallest absolute Gasteiger partial charge is 0.334 e. The lowest BCUT2D eigenvalue weighted by atomic mass is 9.86. The van der Waals surface area contributed by atoms with Crippen molar-refractivity contribution in [3.8, 4) is 0 Å². The minimum absolute atomic E-state index is 0.00117. The van der Waals surface area contributed by atoms with Crippen LogP contribution >= 0.6 is 0 Å². The number of hydrogen-bond donors (Lipinski definition) is 1. The summed E-state index contributed by atoms with van der Waals surface area (Å²) in [6.45, 7) is 11.6. The lowest BCUT2D eigenvalue weighted by Crippen LogP contribution is -2.47. The summed E-state index contributed by atoms with van der Waals surface area (Å²) in [6.07, 6.45) is 4.04. The first kappa shape index (κ1) is 16.2. The summed E-state index contributed by atoms with van der Waals surface area (Å²) in [5.74, 6) is -0.306. The van der Waals surface area contributed by atoms with Crippen molar-refractivity contribution in [3.05, 3.63) is 12.2 Å². The number of carbonyl (C=O) groups excluding carboxylic acids is 1. The van der Waals surface area contributed by atoms with E-state index in [1.54, 1.807) is 6.92 Å². The quantitative estimate of drug-likeness (QED) is 0.569. The first-order valence-electron chi connectivity index (χ1n) is 7.29. The van der Waals surface area contributed by atoms with Gasteiger partial charge in [-0.3, -0.25) is 0 Å². The van der Waals surface area contributed by atoms with Gasteiger partial charge in [-0.1, -0.05) is 20.4 Å². The number of esters is 1. The highest BCUT2D eigenvalue weighted by Gasteiger charge is 2.34. The van der Waals surface area contributed by atoms with E-state index in [0.717, 1.165) is 32.3 Å². The van der Waals surface area contributed by atoms with Gasteiger partial charge in [-0.15, -0.1) is 0 Å². The lowest BCUT2D eigenvalue weighted by molar-refractivity contribution is -0.138. The second kappa shape index (κ2) is 7.65. The molecular weight excluding hydrogens is 242 g/mol. The van der Waals surface area contributed by atoms with E-state index in [1.165, 1.54) is 0 Å². The standard InChI is InChI=1S/C15H27NO3/c1-5-15(6-2)10-13(8-9-19-15)16-11-12(4)14(17)18-7-3/h13,16H,4-11H2,1-3H3. The van der Waals surface area contributed by atoms with E-state index < -0.39 is 0 Å². The summed E-state index contributed by atoms with van der Waals surface area (Å²) in [5, 5.41) is 3.40. The van der Waals surface area contributed by atoms with Crippen molar-refractivity contribution in [1.82, 2.24) is 5.32 Å². The van der Waals surface area contributed by atoms with Crippen molar-refractivity contribution in [2.45, 2.75) is 58.1 Å². The lowest BCUT2D eigenvalue weighted by Gasteiger charge is -2.40. The zero-order valence-corrected chi connectivity index (χ0v) is 12.5. The van der Waals surface area contributed by atoms with Crippen LogP contribution in [0.1, 0.15) is 46.5 Å². The van der Waals surface area contributed by atoms with Gasteiger partial charge in [0.2, 0.25) is 0 Å². The van der Waals surface area contributed by atoms with Gasteiger partial charge in [-0.25, -0.2) is 4.79 Å². The Kier molecular flexibility index (Phi) is 6.52. The molecule has 1 atom stereocenters. The summed E-state index contributed by atoms with van der Waals surface area (Å²) in [5.41, 5.74) is 0.494. The van der Waals surface area contributed by atoms with Gasteiger partial charge in [0.25, 0.3) is 0 Å². The summed E-state index contributed by atoms with van der Waals surface area (Å²) in [6, 6.07) is 0.389. The number of carbonyl (C=O) groups is 1. The maximum atomic E-state index is 11.5. The van der Waals surface area contributed by atoms with Crippen molar-refractivity contribution >= 4 is 5.97 Å². The van der Waals surface area contributed by atoms with E-state index in [9.17, 15) is 4.79 Å². The molecule has 0 amide bonds. The fourth-order valence-electron chi connectivity index (χ4n) is 2.52. The molecule has 0 saturated carbocycles. The predicted octanol–water partition coefficient (Wildman–Crippen LogP) is 2.43. The van der Waals surface area contributed by atoms with Crippen molar-refractivity contribution in [2.24, 2.45) is 0 Å². The van der Waals surface area contributed by atoms with Gasteiger partial charge in [0.05, 0.1) is 12.2 Å². The van der Waals surface area contributed by atoms with Crippen LogP contribution in [0.5, 0.6) is 0 Å². The van der Waals surface area contributed by atoms with Crippen molar-refractivity contribution < 1.29 is 14.3 Å². The highest BCUT2D eigenvalue weighted by molar-refractivity contribution is 5.88. The normalized spacial score (nSPS) is 21.9. The molecule has 1 aliphatic rings. The molecule has 0 aromatic carbocycles. The average molecular weight is 269 g/mol. The molecule has 1 fully saturated rings. The molecule has 4 heteroatoms. The van der Waals surface area contributed by atoms with Gasteiger partial charge in [-0.2, -0.15) is 0 Å². The molecule has 1 aliphatic heterocycles. The van der Waals surface area contributed by atoms with Crippen LogP contribution in [0.25, 0.3) is 0 Å². The number of ether oxygens (including phenoxy) is 2. The largest absolute Gasteiger partial charge is 0.463 e. The molecule has 0 spiro atoms. The Labute approximate surface area is 116 Å². The van der Waals surface area contributed by atoms with Crippen LogP contribution in [-0.2, 0) is 14.3 Å². The van der Waals surface area contributed by atoms with Gasteiger partial charge in [0.15, 0.2) is 0 Å². The molecule has 4 nitrogen and oxygen atoms in total. The Morgan fingerprint density at radius 1 is 1.42 bits per heavy atom. The molecule has 0 radical (unpaired) electrons. The molecule has 1 unspecified atom stereocenters. The van der Waals surface area contributed by atoms with E-state index in [2.05, 4.69) is 25.7 Å². The second-order valence-corrected chi connectivity index (χ2v) is 5.13. The summed E-state index contributed by atoms with van der Waals surface area (Å²) >= 11 is 0. The molecular formula is C15H27NO3. The minimum atomic E-state index is -0.306. The molecule has 110 valence electrons. The zero-order chi connectivity index (χ0) is 14.3. The average Bonchev–Trinajstić information content (AvgIpc) is 2.45. The topological polar surface area (TPSA) is 47.6 Å². The Balaban J connectivity index is 2.41. The molecule has 0 aliphatic carbocycles. The number of nitrogens with one attached hydrogen (secondary N) is 1. The van der Waals surface area contributed by atoms with E-state index in [1.807, 2.05) is 0 Å². The maximum Gasteiger partial charge on any atom is 0.334 e. The van der Waals surface area contributed by atoms with Crippen molar-refractivity contribution in [2.75, 3.05) is 19.8 Å². The summed E-state index contributed by atoms with van der Waals surface area (Å²) in [4.78, 5) is 11.5. The third kappa shape index (κ3) is 4.62. The van der Waals surface area contributed by atoms with Gasteiger partial charge < -0.3 is 14.8 Å². The molecule has 1 rings (SSSR count). The van der Waals surface area contributed by atoms with Crippen LogP contribution in [0.4, 0.5) is 0 Å². The Morgan fingerprint density at radius 2 is 2.11 bits per heavy atom. The zero-order valence-electron chi connectivity index (χ0n) is 12.5. The molecule has 1 saturated heterocycles. The summed E-state index contributed by atoms with van der Waals surface area (Å²) in [7, 11) is 0. The highest BCUT2D eigenvalue weighted by Crippen LogP contribution is 2.31. The summed E-state index contributed by atoms with van der Waals surface area (Å²) < 4.78 is 10.9. The first-order chi connectivity index (χ1) is 9.06. The Morgan fingerprint density at radius 3 is 2.68 bits per heavy atom. The van der Waals surface area contributed by atoms with Gasteiger partial charge in [-0.05, 0) is 32.6 Å². The van der Waals surface area contributed by atoms with Crippen LogP contribution in [0, 0.1) is 0 Å². The highest BCUT2D eigenvalue weighted by atomic mass is 16.5. The second-order valence-electron chi connectivity index (χ2n) is 5.13. The van der Waals surface area contributed by atoms with Crippen molar-refractivity contribution in [1.29, 1.82) is 0 Å². The minimum Gasteiger partial charge on any atom is -0.463 e. The van der Waals surface area contributed by atoms with E-state index in [-0.39, 0.29) is 11.6 Å². The monoisotopic (exact) mass is 269 g/mol. The first-order valence-corrected chi connectivity index (χ1v) is 7.29. The maximum absolute atomic E-state index is 11.5. The Hall–Kier alpha value is -0.870. The van der Waals surface area contributed by atoms with E-state index in [0.29, 0.717) is 24.8 Å². The van der Waals surface area contributed by atoms with Gasteiger partial charge in [0.1, 0.15) is 0 Å². The number of hydrogen-bond acceptors (Lipinski definition) is 4. The predicted molar refractivity (Wildman–Crippen MR) is 76.1 cm³/mol. The SMILES string of the molecule is C=C(CNC1CCOC(CC)(CC)C1)C(=O)OCC. The van der Waals surface area contributed by atoms with Crippen molar-refractivity contribution in [3.63, 3.8) is 0 Å². The van der Waals surface area contributed by atoms with Crippen LogP contribution < -0.4 is 5.32 Å². The molecule has 1 heterocycles. The molecule has 0 aromatic heterocycles. The van der Waals surface area contributed by atoms with Gasteiger partial charge >= 0.3 is 5.97 Å². The van der Waals surface area contributed by atoms with Crippen LogP contribution in [0.15, 0.2) is 12.2 Å². The molecule has 1 N–H and O–H groups in total.